The summed E-state index contributed by atoms with van der Waals surface area (Å²) in [6, 6.07) is 10.0. The summed E-state index contributed by atoms with van der Waals surface area (Å²) in [7, 11) is -2.26. The average Bonchev–Trinajstić information content (AvgIpc) is 2.47. The summed E-state index contributed by atoms with van der Waals surface area (Å²) in [6.45, 7) is 0.398. The minimum atomic E-state index is -3.83. The molecule has 0 saturated carbocycles. The third kappa shape index (κ3) is 3.69. The Balaban J connectivity index is 2.31. The normalized spacial score (nSPS) is 11.1. The molecule has 0 aliphatic carbocycles. The van der Waals surface area contributed by atoms with Gasteiger partial charge >= 0.3 is 0 Å². The summed E-state index contributed by atoms with van der Waals surface area (Å²) in [5.74, 6) is 5.31. The Morgan fingerprint density at radius 1 is 1.29 bits per heavy atom. The Morgan fingerprint density at radius 2 is 2.10 bits per heavy atom. The van der Waals surface area contributed by atoms with E-state index in [1.54, 1.807) is 31.4 Å². The summed E-state index contributed by atoms with van der Waals surface area (Å²) >= 11 is 0. The van der Waals surface area contributed by atoms with Gasteiger partial charge in [-0.05, 0) is 29.8 Å². The number of nitrogen functional groups attached to an aromatic ring is 1. The molecule has 1 aromatic heterocycles. The number of nitrogens with two attached hydrogens (primary N) is 1. The van der Waals surface area contributed by atoms with Crippen LogP contribution in [0.5, 0.6) is 0 Å². The lowest BCUT2D eigenvalue weighted by molar-refractivity contribution is 0.185. The van der Waals surface area contributed by atoms with Gasteiger partial charge in [-0.2, -0.15) is 8.42 Å². The fourth-order valence-electron chi connectivity index (χ4n) is 1.81. The van der Waals surface area contributed by atoms with Crippen molar-refractivity contribution >= 4 is 21.4 Å². The van der Waals surface area contributed by atoms with E-state index < -0.39 is 10.0 Å². The van der Waals surface area contributed by atoms with E-state index >= 15 is 0 Å². The Bertz CT molecular complexity index is 719. The molecule has 7 nitrogen and oxygen atoms in total. The lowest BCUT2D eigenvalue weighted by Gasteiger charge is -2.11. The largest absolute Gasteiger partial charge is 0.380 e. The highest BCUT2D eigenvalue weighted by atomic mass is 32.2. The van der Waals surface area contributed by atoms with E-state index in [1.165, 1.54) is 12.3 Å². The van der Waals surface area contributed by atoms with Gasteiger partial charge in [-0.15, -0.1) is 0 Å². The Labute approximate surface area is 123 Å². The molecular formula is C13H16N4O3S. The first-order valence-electron chi connectivity index (χ1n) is 6.09. The van der Waals surface area contributed by atoms with Gasteiger partial charge in [0.05, 0.1) is 12.3 Å². The van der Waals surface area contributed by atoms with Crippen LogP contribution < -0.4 is 16.0 Å². The minimum absolute atomic E-state index is 0.162. The van der Waals surface area contributed by atoms with Crippen LogP contribution in [0.15, 0.2) is 47.6 Å². The number of anilines is 2. The molecule has 0 bridgehead atoms. The van der Waals surface area contributed by atoms with Crippen LogP contribution in [0.3, 0.4) is 0 Å². The van der Waals surface area contributed by atoms with Crippen molar-refractivity contribution in [3.8, 4) is 0 Å². The molecule has 2 aromatic rings. The van der Waals surface area contributed by atoms with Gasteiger partial charge < -0.3 is 10.2 Å². The highest BCUT2D eigenvalue weighted by molar-refractivity contribution is 7.92. The third-order valence-corrected chi connectivity index (χ3v) is 4.01. The van der Waals surface area contributed by atoms with Crippen molar-refractivity contribution in [2.24, 2.45) is 5.84 Å². The highest BCUT2D eigenvalue weighted by Gasteiger charge is 2.20. The molecule has 8 heteroatoms. The average molecular weight is 308 g/mol. The van der Waals surface area contributed by atoms with Gasteiger partial charge in [-0.1, -0.05) is 12.1 Å². The molecule has 2 rings (SSSR count). The monoisotopic (exact) mass is 308 g/mol. The van der Waals surface area contributed by atoms with E-state index in [0.29, 0.717) is 12.3 Å². The predicted molar refractivity (Wildman–Crippen MR) is 80.0 cm³/mol. The van der Waals surface area contributed by atoms with Crippen LogP contribution in [-0.2, 0) is 21.4 Å². The van der Waals surface area contributed by atoms with Crippen LogP contribution in [0.2, 0.25) is 0 Å². The van der Waals surface area contributed by atoms with Crippen LogP contribution in [-0.4, -0.2) is 20.5 Å². The highest BCUT2D eigenvalue weighted by Crippen LogP contribution is 2.21. The molecule has 0 radical (unpaired) electrons. The van der Waals surface area contributed by atoms with Gasteiger partial charge in [-0.3, -0.25) is 10.6 Å². The topological polar surface area (TPSA) is 106 Å². The number of aromatic nitrogens is 1. The zero-order valence-electron chi connectivity index (χ0n) is 11.4. The lowest BCUT2D eigenvalue weighted by atomic mass is 10.2. The van der Waals surface area contributed by atoms with Crippen LogP contribution in [0.25, 0.3) is 0 Å². The van der Waals surface area contributed by atoms with E-state index in [0.717, 1.165) is 5.56 Å². The molecule has 112 valence electrons. The molecule has 4 N–H and O–H groups in total. The number of benzene rings is 1. The zero-order valence-corrected chi connectivity index (χ0v) is 12.2. The molecule has 0 spiro atoms. The maximum Gasteiger partial charge on any atom is 0.281 e. The molecule has 1 aromatic carbocycles. The van der Waals surface area contributed by atoms with E-state index in [1.807, 2.05) is 6.07 Å². The zero-order chi connectivity index (χ0) is 15.3. The maximum atomic E-state index is 12.4. The number of nitrogens with zero attached hydrogens (tertiary/aromatic N) is 1. The van der Waals surface area contributed by atoms with Crippen LogP contribution in [0.4, 0.5) is 11.4 Å². The first-order valence-corrected chi connectivity index (χ1v) is 7.57. The predicted octanol–water partition coefficient (Wildman–Crippen LogP) is 1.31. The number of rotatable bonds is 6. The van der Waals surface area contributed by atoms with Crippen molar-refractivity contribution in [1.29, 1.82) is 0 Å². The third-order valence-electron chi connectivity index (χ3n) is 2.67. The molecule has 0 amide bonds. The second-order valence-electron chi connectivity index (χ2n) is 4.24. The number of nitrogens with one attached hydrogen (secondary N) is 2. The first-order chi connectivity index (χ1) is 10.1. The second-order valence-corrected chi connectivity index (χ2v) is 5.84. The van der Waals surface area contributed by atoms with Gasteiger partial charge in [0.15, 0.2) is 0 Å². The molecule has 21 heavy (non-hydrogen) atoms. The van der Waals surface area contributed by atoms with Crippen molar-refractivity contribution in [3.63, 3.8) is 0 Å². The Morgan fingerprint density at radius 3 is 2.81 bits per heavy atom. The van der Waals surface area contributed by atoms with Crippen molar-refractivity contribution in [2.75, 3.05) is 17.3 Å². The van der Waals surface area contributed by atoms with Crippen LogP contribution in [0, 0.1) is 0 Å². The summed E-state index contributed by atoms with van der Waals surface area (Å²) in [6.07, 6.45) is 1.39. The van der Waals surface area contributed by atoms with Gasteiger partial charge in [0.2, 0.25) is 5.03 Å². The number of methoxy groups -OCH3 is 1. The van der Waals surface area contributed by atoms with Crippen molar-refractivity contribution in [1.82, 2.24) is 4.98 Å². The molecule has 0 aliphatic rings. The molecule has 0 atom stereocenters. The number of ether oxygens (including phenoxy) is 1. The Hall–Kier alpha value is -2.16. The second kappa shape index (κ2) is 6.53. The SMILES string of the molecule is COCc1cccc(NS(=O)(=O)c2ncccc2NN)c1. The van der Waals surface area contributed by atoms with Gasteiger partial charge in [-0.25, -0.2) is 4.98 Å². The fourth-order valence-corrected chi connectivity index (χ4v) is 2.96. The minimum Gasteiger partial charge on any atom is -0.380 e. The summed E-state index contributed by atoms with van der Waals surface area (Å²) in [5, 5.41) is -0.162. The number of hydrazine groups is 1. The standard InChI is InChI=1S/C13H16N4O3S/c1-20-9-10-4-2-5-11(8-10)17-21(18,19)13-12(16-14)6-3-7-15-13/h2-8,16-17H,9,14H2,1H3. The molecule has 0 fully saturated rings. The molecule has 0 saturated heterocycles. The van der Waals surface area contributed by atoms with E-state index in [9.17, 15) is 8.42 Å². The van der Waals surface area contributed by atoms with Crippen molar-refractivity contribution < 1.29 is 13.2 Å². The lowest BCUT2D eigenvalue weighted by Crippen LogP contribution is -2.19. The number of hydrogen-bond acceptors (Lipinski definition) is 6. The van der Waals surface area contributed by atoms with E-state index in [-0.39, 0.29) is 10.7 Å². The van der Waals surface area contributed by atoms with Crippen molar-refractivity contribution in [3.05, 3.63) is 48.2 Å². The van der Waals surface area contributed by atoms with E-state index in [4.69, 9.17) is 10.6 Å². The first kappa shape index (κ1) is 15.2. The van der Waals surface area contributed by atoms with Crippen LogP contribution in [0.1, 0.15) is 5.56 Å². The maximum absolute atomic E-state index is 12.4. The molecule has 0 aliphatic heterocycles. The Kier molecular flexibility index (Phi) is 4.73. The molecular weight excluding hydrogens is 292 g/mol. The fraction of sp³-hybridized carbons (Fsp3) is 0.154. The van der Waals surface area contributed by atoms with Crippen molar-refractivity contribution in [2.45, 2.75) is 11.6 Å². The van der Waals surface area contributed by atoms with E-state index in [2.05, 4.69) is 15.1 Å². The number of sulfonamides is 1. The summed E-state index contributed by atoms with van der Waals surface area (Å²) in [5.41, 5.74) is 3.82. The molecule has 0 unspecified atom stereocenters. The summed E-state index contributed by atoms with van der Waals surface area (Å²) in [4.78, 5) is 3.86. The smallest absolute Gasteiger partial charge is 0.281 e. The van der Waals surface area contributed by atoms with Gasteiger partial charge in [0, 0.05) is 19.0 Å². The van der Waals surface area contributed by atoms with Crippen LogP contribution >= 0.6 is 0 Å². The quantitative estimate of drug-likeness (QED) is 0.549. The number of hydrogen-bond donors (Lipinski definition) is 3. The van der Waals surface area contributed by atoms with Gasteiger partial charge in [0.25, 0.3) is 10.0 Å². The van der Waals surface area contributed by atoms with Gasteiger partial charge in [0.1, 0.15) is 0 Å². The molecule has 1 heterocycles. The summed E-state index contributed by atoms with van der Waals surface area (Å²) < 4.78 is 32.2. The number of pyridine rings is 1.